The Bertz CT molecular complexity index is 910. The normalized spacial score (nSPS) is 19.8. The van der Waals surface area contributed by atoms with Gasteiger partial charge >= 0.3 is 0 Å². The van der Waals surface area contributed by atoms with E-state index in [1.54, 1.807) is 6.07 Å². The quantitative estimate of drug-likeness (QED) is 0.726. The number of amides is 1. The van der Waals surface area contributed by atoms with Gasteiger partial charge in [-0.1, -0.05) is 5.16 Å². The average molecular weight is 356 g/mol. The van der Waals surface area contributed by atoms with Crippen molar-refractivity contribution in [3.63, 3.8) is 0 Å². The monoisotopic (exact) mass is 356 g/mol. The number of furan rings is 1. The number of aromatic amines is 1. The van der Waals surface area contributed by atoms with Crippen molar-refractivity contribution in [3.05, 3.63) is 47.2 Å². The number of carbonyl (C=O) groups excluding carboxylic acids is 1. The van der Waals surface area contributed by atoms with Gasteiger partial charge in [-0.2, -0.15) is 5.10 Å². The van der Waals surface area contributed by atoms with Gasteiger partial charge in [0.25, 0.3) is 5.91 Å². The van der Waals surface area contributed by atoms with Crippen molar-refractivity contribution in [2.24, 2.45) is 5.92 Å². The molecule has 8 heteroatoms. The lowest BCUT2D eigenvalue weighted by Gasteiger charge is -2.17. The fraction of sp³-hybridized carbons (Fsp3) is 0.389. The predicted octanol–water partition coefficient (Wildman–Crippen LogP) is 2.26. The van der Waals surface area contributed by atoms with Gasteiger partial charge in [-0.3, -0.25) is 9.89 Å². The predicted molar refractivity (Wildman–Crippen MR) is 91.5 cm³/mol. The summed E-state index contributed by atoms with van der Waals surface area (Å²) in [6, 6.07) is 7.19. The molecule has 0 spiro atoms. The molecule has 0 saturated carbocycles. The minimum atomic E-state index is -0.245. The molecule has 1 aliphatic rings. The van der Waals surface area contributed by atoms with E-state index in [9.17, 15) is 4.79 Å². The number of aryl methyl sites for hydroxylation is 2. The van der Waals surface area contributed by atoms with Crippen molar-refractivity contribution in [1.29, 1.82) is 0 Å². The molecule has 4 rings (SSSR count). The Morgan fingerprint density at radius 1 is 1.31 bits per heavy atom. The Kier molecular flexibility index (Phi) is 4.34. The van der Waals surface area contributed by atoms with Crippen LogP contribution < -0.4 is 5.32 Å². The molecule has 2 N–H and O–H groups in total. The van der Waals surface area contributed by atoms with Crippen LogP contribution in [0.4, 0.5) is 0 Å². The van der Waals surface area contributed by atoms with Crippen LogP contribution in [0.25, 0.3) is 11.5 Å². The minimum absolute atomic E-state index is 0.0982. The zero-order valence-corrected chi connectivity index (χ0v) is 14.6. The third kappa shape index (κ3) is 3.41. The second-order valence-electron chi connectivity index (χ2n) is 6.59. The molecule has 0 bridgehead atoms. The lowest BCUT2D eigenvalue weighted by atomic mass is 9.98. The first-order chi connectivity index (χ1) is 12.6. The number of hydrogen-bond acceptors (Lipinski definition) is 6. The molecule has 0 aromatic carbocycles. The zero-order valence-electron chi connectivity index (χ0n) is 14.6. The van der Waals surface area contributed by atoms with Crippen molar-refractivity contribution >= 4 is 5.91 Å². The van der Waals surface area contributed by atoms with Crippen LogP contribution in [0.15, 0.2) is 33.2 Å². The first-order valence-corrected chi connectivity index (χ1v) is 8.51. The molecule has 3 aromatic rings. The number of carbonyl (C=O) groups is 1. The third-order valence-electron chi connectivity index (χ3n) is 4.47. The second-order valence-corrected chi connectivity index (χ2v) is 6.59. The summed E-state index contributed by atoms with van der Waals surface area (Å²) in [6.45, 7) is 4.79. The van der Waals surface area contributed by atoms with E-state index in [0.717, 1.165) is 17.2 Å². The Morgan fingerprint density at radius 3 is 2.92 bits per heavy atom. The van der Waals surface area contributed by atoms with Gasteiger partial charge in [0.05, 0.1) is 24.9 Å². The van der Waals surface area contributed by atoms with Gasteiger partial charge in [-0.25, -0.2) is 0 Å². The van der Waals surface area contributed by atoms with Crippen LogP contribution in [0.3, 0.4) is 0 Å². The van der Waals surface area contributed by atoms with E-state index in [1.165, 1.54) is 0 Å². The van der Waals surface area contributed by atoms with E-state index in [-0.39, 0.29) is 17.9 Å². The largest absolute Gasteiger partial charge is 0.460 e. The van der Waals surface area contributed by atoms with Gasteiger partial charge in [-0.05, 0) is 26.0 Å². The SMILES string of the molecule is Cc1cc(C[C@@H]2COC[C@@H]2NC(=O)c2cc(-c3ccc(C)o3)[nH]n2)on1. The number of aromatic nitrogens is 3. The number of nitrogens with zero attached hydrogens (tertiary/aromatic N) is 2. The van der Waals surface area contributed by atoms with Crippen molar-refractivity contribution in [2.45, 2.75) is 26.3 Å². The Morgan fingerprint density at radius 2 is 2.19 bits per heavy atom. The van der Waals surface area contributed by atoms with Gasteiger partial charge < -0.3 is 19.0 Å². The lowest BCUT2D eigenvalue weighted by Crippen LogP contribution is -2.40. The van der Waals surface area contributed by atoms with Gasteiger partial charge in [-0.15, -0.1) is 0 Å². The fourth-order valence-electron chi connectivity index (χ4n) is 3.12. The molecule has 1 fully saturated rings. The molecule has 0 aliphatic carbocycles. The Labute approximate surface area is 149 Å². The first-order valence-electron chi connectivity index (χ1n) is 8.51. The molecule has 1 aliphatic heterocycles. The van der Waals surface area contributed by atoms with Crippen molar-refractivity contribution in [3.8, 4) is 11.5 Å². The number of hydrogen-bond donors (Lipinski definition) is 2. The molecular formula is C18H20N4O4. The highest BCUT2D eigenvalue weighted by Gasteiger charge is 2.31. The Hall–Kier alpha value is -2.87. The summed E-state index contributed by atoms with van der Waals surface area (Å²) < 4.78 is 16.4. The Balaban J connectivity index is 1.41. The lowest BCUT2D eigenvalue weighted by molar-refractivity contribution is 0.0919. The van der Waals surface area contributed by atoms with E-state index >= 15 is 0 Å². The van der Waals surface area contributed by atoms with Crippen molar-refractivity contribution in [1.82, 2.24) is 20.7 Å². The number of nitrogens with one attached hydrogen (secondary N) is 2. The van der Waals surface area contributed by atoms with E-state index < -0.39 is 0 Å². The second kappa shape index (κ2) is 6.80. The zero-order chi connectivity index (χ0) is 18.1. The van der Waals surface area contributed by atoms with Crippen LogP contribution in [0, 0.1) is 19.8 Å². The number of H-pyrrole nitrogens is 1. The molecule has 8 nitrogen and oxygen atoms in total. The van der Waals surface area contributed by atoms with Gasteiger partial charge in [0.2, 0.25) is 0 Å². The highest BCUT2D eigenvalue weighted by Crippen LogP contribution is 2.22. The van der Waals surface area contributed by atoms with E-state index in [4.69, 9.17) is 13.7 Å². The number of ether oxygens (including phenoxy) is 1. The molecule has 1 saturated heterocycles. The molecule has 136 valence electrons. The summed E-state index contributed by atoms with van der Waals surface area (Å²) >= 11 is 0. The maximum Gasteiger partial charge on any atom is 0.272 e. The van der Waals surface area contributed by atoms with E-state index in [0.29, 0.717) is 36.8 Å². The molecule has 0 unspecified atom stereocenters. The average Bonchev–Trinajstić information content (AvgIpc) is 3.36. The van der Waals surface area contributed by atoms with Crippen molar-refractivity contribution < 1.29 is 18.5 Å². The van der Waals surface area contributed by atoms with E-state index in [2.05, 4.69) is 20.7 Å². The standard InChI is InChI=1S/C18H20N4O4/c1-10-5-13(26-22-10)6-12-8-24-9-16(12)19-18(23)15-7-14(20-21-15)17-4-3-11(2)25-17/h3-5,7,12,16H,6,8-9H2,1-2H3,(H,19,23)(H,20,21)/t12-,16+/m1/s1. The molecule has 2 atom stereocenters. The third-order valence-corrected chi connectivity index (χ3v) is 4.47. The summed E-state index contributed by atoms with van der Waals surface area (Å²) in [5.41, 5.74) is 1.83. The highest BCUT2D eigenvalue weighted by molar-refractivity contribution is 5.93. The summed E-state index contributed by atoms with van der Waals surface area (Å²) in [5.74, 6) is 2.14. The summed E-state index contributed by atoms with van der Waals surface area (Å²) in [7, 11) is 0. The minimum Gasteiger partial charge on any atom is -0.460 e. The fourth-order valence-corrected chi connectivity index (χ4v) is 3.12. The van der Waals surface area contributed by atoms with Crippen LogP contribution in [0.5, 0.6) is 0 Å². The van der Waals surface area contributed by atoms with Crippen molar-refractivity contribution in [2.75, 3.05) is 13.2 Å². The highest BCUT2D eigenvalue weighted by atomic mass is 16.5. The first kappa shape index (κ1) is 16.6. The van der Waals surface area contributed by atoms with Crippen LogP contribution in [-0.4, -0.2) is 40.5 Å². The summed E-state index contributed by atoms with van der Waals surface area (Å²) in [4.78, 5) is 12.5. The van der Waals surface area contributed by atoms with Crippen LogP contribution >= 0.6 is 0 Å². The number of rotatable bonds is 5. The van der Waals surface area contributed by atoms with Crippen LogP contribution in [-0.2, 0) is 11.2 Å². The summed E-state index contributed by atoms with van der Waals surface area (Å²) in [6.07, 6.45) is 0.670. The maximum atomic E-state index is 12.5. The van der Waals surface area contributed by atoms with Gasteiger partial charge in [0.1, 0.15) is 17.2 Å². The van der Waals surface area contributed by atoms with E-state index in [1.807, 2.05) is 32.0 Å². The topological polar surface area (TPSA) is 106 Å². The molecular weight excluding hydrogens is 336 g/mol. The van der Waals surface area contributed by atoms with Crippen LogP contribution in [0.1, 0.15) is 27.7 Å². The summed E-state index contributed by atoms with van der Waals surface area (Å²) in [5, 5.41) is 13.8. The molecule has 0 radical (unpaired) electrons. The van der Waals surface area contributed by atoms with Crippen LogP contribution in [0.2, 0.25) is 0 Å². The smallest absolute Gasteiger partial charge is 0.272 e. The van der Waals surface area contributed by atoms with Gasteiger partial charge in [0, 0.05) is 24.5 Å². The molecule has 1 amide bonds. The molecule has 3 aromatic heterocycles. The maximum absolute atomic E-state index is 12.5. The molecule has 26 heavy (non-hydrogen) atoms. The van der Waals surface area contributed by atoms with Gasteiger partial charge in [0.15, 0.2) is 11.5 Å². The molecule has 4 heterocycles.